The van der Waals surface area contributed by atoms with Gasteiger partial charge in [-0.15, -0.1) is 0 Å². The van der Waals surface area contributed by atoms with Crippen molar-refractivity contribution in [3.8, 4) is 22.8 Å². The molecule has 3 nitrogen and oxygen atoms in total. The molecule has 4 rings (SSSR count). The van der Waals surface area contributed by atoms with Crippen molar-refractivity contribution in [2.75, 3.05) is 0 Å². The van der Waals surface area contributed by atoms with Crippen LogP contribution in [0.4, 0.5) is 0 Å². The quantitative estimate of drug-likeness (QED) is 0.541. The zero-order chi connectivity index (χ0) is 14.8. The summed E-state index contributed by atoms with van der Waals surface area (Å²) in [5.74, 6) is 1.65. The van der Waals surface area contributed by atoms with Gasteiger partial charge in [-0.25, -0.2) is 4.98 Å². The first-order chi connectivity index (χ1) is 10.9. The highest BCUT2D eigenvalue weighted by molar-refractivity contribution is 5.63. The lowest BCUT2D eigenvalue weighted by molar-refractivity contribution is 0.483. The second-order valence-corrected chi connectivity index (χ2v) is 5.03. The molecule has 0 aliphatic rings. The number of hydrogen-bond acceptors (Lipinski definition) is 2. The van der Waals surface area contributed by atoms with Crippen LogP contribution in [0, 0.1) is 0 Å². The molecule has 0 aliphatic heterocycles. The van der Waals surface area contributed by atoms with Gasteiger partial charge in [-0.3, -0.25) is 0 Å². The zero-order valence-electron chi connectivity index (χ0n) is 11.9. The predicted octanol–water partition coefficient (Wildman–Crippen LogP) is 4.79. The van der Waals surface area contributed by atoms with Crippen molar-refractivity contribution in [3.05, 3.63) is 85.2 Å². The molecule has 22 heavy (non-hydrogen) atoms. The van der Waals surface area contributed by atoms with E-state index in [-0.39, 0.29) is 0 Å². The maximum atomic E-state index is 5.80. The molecule has 0 amide bonds. The van der Waals surface area contributed by atoms with E-state index in [1.54, 1.807) is 0 Å². The molecule has 4 aromatic rings. The van der Waals surface area contributed by atoms with Crippen LogP contribution >= 0.6 is 0 Å². The van der Waals surface area contributed by atoms with Crippen molar-refractivity contribution in [3.63, 3.8) is 0 Å². The summed E-state index contributed by atoms with van der Waals surface area (Å²) < 4.78 is 7.82. The van der Waals surface area contributed by atoms with Gasteiger partial charge in [-0.05, 0) is 48.5 Å². The maximum absolute atomic E-state index is 5.80. The maximum Gasteiger partial charge on any atom is 0.137 e. The summed E-state index contributed by atoms with van der Waals surface area (Å²) in [5, 5.41) is 0. The lowest BCUT2D eigenvalue weighted by atomic mass is 10.1. The summed E-state index contributed by atoms with van der Waals surface area (Å²) in [5.41, 5.74) is 2.98. The molecule has 0 aliphatic carbocycles. The van der Waals surface area contributed by atoms with Crippen LogP contribution in [0.1, 0.15) is 0 Å². The van der Waals surface area contributed by atoms with Crippen molar-refractivity contribution < 1.29 is 4.74 Å². The third-order valence-electron chi connectivity index (χ3n) is 3.49. The van der Waals surface area contributed by atoms with Crippen LogP contribution in [-0.2, 0) is 0 Å². The number of rotatable bonds is 3. The standard InChI is InChI=1S/C19H14N2O/c1-2-6-16(7-3-1)22-17-11-9-15(10-12-17)18-14-21-13-5-4-8-19(21)20-18/h1-14H. The molecule has 2 aromatic heterocycles. The van der Waals surface area contributed by atoms with Crippen LogP contribution in [0.15, 0.2) is 85.2 Å². The van der Waals surface area contributed by atoms with Gasteiger partial charge >= 0.3 is 0 Å². The molecular weight excluding hydrogens is 272 g/mol. The van der Waals surface area contributed by atoms with Crippen molar-refractivity contribution in [2.45, 2.75) is 0 Å². The molecule has 2 aromatic carbocycles. The topological polar surface area (TPSA) is 26.5 Å². The van der Waals surface area contributed by atoms with E-state index in [1.807, 2.05) is 89.6 Å². The molecule has 0 atom stereocenters. The molecule has 2 heterocycles. The van der Waals surface area contributed by atoms with Gasteiger partial charge < -0.3 is 9.14 Å². The van der Waals surface area contributed by atoms with Gasteiger partial charge in [0.15, 0.2) is 0 Å². The summed E-state index contributed by atoms with van der Waals surface area (Å²) in [6.45, 7) is 0. The Bertz CT molecular complexity index is 863. The van der Waals surface area contributed by atoms with E-state index < -0.39 is 0 Å². The Morgan fingerprint density at radius 3 is 2.23 bits per heavy atom. The fourth-order valence-corrected chi connectivity index (χ4v) is 2.39. The number of para-hydroxylation sites is 1. The second-order valence-electron chi connectivity index (χ2n) is 5.03. The fourth-order valence-electron chi connectivity index (χ4n) is 2.39. The molecular formula is C19H14N2O. The Morgan fingerprint density at radius 1 is 0.727 bits per heavy atom. The lowest BCUT2D eigenvalue weighted by Gasteiger charge is -2.05. The first-order valence-corrected chi connectivity index (χ1v) is 7.15. The number of fused-ring (bicyclic) bond motifs is 1. The monoisotopic (exact) mass is 286 g/mol. The molecule has 106 valence electrons. The summed E-state index contributed by atoms with van der Waals surface area (Å²) >= 11 is 0. The van der Waals surface area contributed by atoms with Gasteiger partial charge in [0.05, 0.1) is 5.69 Å². The molecule has 0 saturated carbocycles. The second kappa shape index (κ2) is 5.37. The van der Waals surface area contributed by atoms with Crippen molar-refractivity contribution in [1.29, 1.82) is 0 Å². The summed E-state index contributed by atoms with van der Waals surface area (Å²) in [6, 6.07) is 23.7. The van der Waals surface area contributed by atoms with Gasteiger partial charge in [0.2, 0.25) is 0 Å². The molecule has 0 fully saturated rings. The molecule has 0 unspecified atom stereocenters. The van der Waals surface area contributed by atoms with E-state index in [1.165, 1.54) is 0 Å². The molecule has 0 saturated heterocycles. The normalized spacial score (nSPS) is 10.7. The molecule has 0 radical (unpaired) electrons. The number of benzene rings is 2. The van der Waals surface area contributed by atoms with Crippen LogP contribution in [-0.4, -0.2) is 9.38 Å². The predicted molar refractivity (Wildman–Crippen MR) is 87.1 cm³/mol. The smallest absolute Gasteiger partial charge is 0.137 e. The number of imidazole rings is 1. The highest BCUT2D eigenvalue weighted by Crippen LogP contribution is 2.25. The Kier molecular flexibility index (Phi) is 3.09. The Labute approximate surface area is 128 Å². The largest absolute Gasteiger partial charge is 0.457 e. The summed E-state index contributed by atoms with van der Waals surface area (Å²) in [4.78, 5) is 4.62. The van der Waals surface area contributed by atoms with Crippen LogP contribution in [0.25, 0.3) is 16.9 Å². The van der Waals surface area contributed by atoms with Gasteiger partial charge in [0, 0.05) is 18.0 Å². The van der Waals surface area contributed by atoms with Gasteiger partial charge in [-0.2, -0.15) is 0 Å². The number of nitrogens with zero attached hydrogens (tertiary/aromatic N) is 2. The molecule has 3 heteroatoms. The van der Waals surface area contributed by atoms with Gasteiger partial charge in [-0.1, -0.05) is 24.3 Å². The van der Waals surface area contributed by atoms with Gasteiger partial charge in [0.25, 0.3) is 0 Å². The Hall–Kier alpha value is -3.07. The van der Waals surface area contributed by atoms with Crippen LogP contribution < -0.4 is 4.74 Å². The number of aromatic nitrogens is 2. The first-order valence-electron chi connectivity index (χ1n) is 7.15. The highest BCUT2D eigenvalue weighted by Gasteiger charge is 2.04. The SMILES string of the molecule is c1ccc(Oc2ccc(-c3cn4ccccc4n3)cc2)cc1. The van der Waals surface area contributed by atoms with Gasteiger partial charge in [0.1, 0.15) is 17.1 Å². The Balaban J connectivity index is 1.61. The minimum Gasteiger partial charge on any atom is -0.457 e. The van der Waals surface area contributed by atoms with E-state index in [0.717, 1.165) is 28.4 Å². The minimum atomic E-state index is 0.818. The van der Waals surface area contributed by atoms with Crippen molar-refractivity contribution >= 4 is 5.65 Å². The molecule has 0 spiro atoms. The Morgan fingerprint density at radius 2 is 1.45 bits per heavy atom. The zero-order valence-corrected chi connectivity index (χ0v) is 11.9. The molecule has 0 bridgehead atoms. The minimum absolute atomic E-state index is 0.818. The van der Waals surface area contributed by atoms with E-state index in [4.69, 9.17) is 4.74 Å². The first kappa shape index (κ1) is 12.7. The van der Waals surface area contributed by atoms with E-state index >= 15 is 0 Å². The number of pyridine rings is 1. The van der Waals surface area contributed by atoms with Crippen LogP contribution in [0.5, 0.6) is 11.5 Å². The van der Waals surface area contributed by atoms with Crippen LogP contribution in [0.2, 0.25) is 0 Å². The number of hydrogen-bond donors (Lipinski definition) is 0. The summed E-state index contributed by atoms with van der Waals surface area (Å²) in [6.07, 6.45) is 4.03. The van der Waals surface area contributed by atoms with E-state index in [0.29, 0.717) is 0 Å². The van der Waals surface area contributed by atoms with E-state index in [9.17, 15) is 0 Å². The fraction of sp³-hybridized carbons (Fsp3) is 0. The van der Waals surface area contributed by atoms with Crippen LogP contribution in [0.3, 0.4) is 0 Å². The lowest BCUT2D eigenvalue weighted by Crippen LogP contribution is -1.84. The average Bonchev–Trinajstić information content (AvgIpc) is 3.00. The van der Waals surface area contributed by atoms with Crippen molar-refractivity contribution in [2.24, 2.45) is 0 Å². The highest BCUT2D eigenvalue weighted by atomic mass is 16.5. The third kappa shape index (κ3) is 2.44. The number of ether oxygens (including phenoxy) is 1. The molecule has 0 N–H and O–H groups in total. The van der Waals surface area contributed by atoms with Crippen molar-refractivity contribution in [1.82, 2.24) is 9.38 Å². The summed E-state index contributed by atoms with van der Waals surface area (Å²) in [7, 11) is 0. The van der Waals surface area contributed by atoms with E-state index in [2.05, 4.69) is 4.98 Å². The average molecular weight is 286 g/mol. The third-order valence-corrected chi connectivity index (χ3v) is 3.49.